The van der Waals surface area contributed by atoms with Crippen LogP contribution in [-0.2, 0) is 4.79 Å². The minimum Gasteiger partial charge on any atom is -0.281 e. The van der Waals surface area contributed by atoms with Crippen LogP contribution < -0.4 is 0 Å². The summed E-state index contributed by atoms with van der Waals surface area (Å²) < 4.78 is 0. The summed E-state index contributed by atoms with van der Waals surface area (Å²) in [6.07, 6.45) is 3.02. The predicted octanol–water partition coefficient (Wildman–Crippen LogP) is 2.89. The molecule has 0 radical (unpaired) electrons. The van der Waals surface area contributed by atoms with E-state index < -0.39 is 0 Å². The summed E-state index contributed by atoms with van der Waals surface area (Å²) in [7, 11) is 1.53. The monoisotopic (exact) mass is 245 g/mol. The third kappa shape index (κ3) is 3.29. The van der Waals surface area contributed by atoms with Gasteiger partial charge in [0.15, 0.2) is 0 Å². The fourth-order valence-electron chi connectivity index (χ4n) is 1.79. The van der Waals surface area contributed by atoms with Gasteiger partial charge in [-0.25, -0.2) is 0 Å². The summed E-state index contributed by atoms with van der Waals surface area (Å²) in [5.74, 6) is -0.575. The first-order valence-corrected chi connectivity index (χ1v) is 6.09. The van der Waals surface area contributed by atoms with E-state index in [0.29, 0.717) is 18.4 Å². The summed E-state index contributed by atoms with van der Waals surface area (Å²) >= 11 is 0. The van der Waals surface area contributed by atoms with Crippen LogP contribution in [0.2, 0.25) is 0 Å². The Morgan fingerprint density at radius 3 is 2.44 bits per heavy atom. The Kier molecular flexibility index (Phi) is 5.31. The average Bonchev–Trinajstić information content (AvgIpc) is 2.43. The highest BCUT2D eigenvalue weighted by molar-refractivity contribution is 6.04. The third-order valence-electron chi connectivity index (χ3n) is 2.95. The highest BCUT2D eigenvalue weighted by Gasteiger charge is 2.24. The van der Waals surface area contributed by atoms with Gasteiger partial charge in [0.2, 0.25) is 5.91 Å². The van der Waals surface area contributed by atoms with Crippen molar-refractivity contribution in [3.63, 3.8) is 0 Å². The number of nitrogens with zero attached hydrogens (tertiary/aromatic N) is 1. The number of imide groups is 1. The van der Waals surface area contributed by atoms with Crippen LogP contribution in [0.3, 0.4) is 0 Å². The first-order valence-electron chi connectivity index (χ1n) is 6.09. The maximum atomic E-state index is 12.1. The van der Waals surface area contributed by atoms with Crippen molar-refractivity contribution in [2.75, 3.05) is 7.05 Å². The molecule has 1 aromatic rings. The molecule has 0 aliphatic rings. The van der Waals surface area contributed by atoms with Crippen molar-refractivity contribution in [1.29, 1.82) is 0 Å². The van der Waals surface area contributed by atoms with Gasteiger partial charge in [0.25, 0.3) is 5.91 Å². The second kappa shape index (κ2) is 6.74. The van der Waals surface area contributed by atoms with E-state index in [-0.39, 0.29) is 17.7 Å². The second-order valence-electron chi connectivity index (χ2n) is 4.20. The molecule has 0 aliphatic heterocycles. The Morgan fingerprint density at radius 2 is 1.94 bits per heavy atom. The van der Waals surface area contributed by atoms with E-state index in [2.05, 4.69) is 6.58 Å². The number of hydrogen-bond acceptors (Lipinski definition) is 2. The van der Waals surface area contributed by atoms with Crippen LogP contribution in [0.5, 0.6) is 0 Å². The summed E-state index contributed by atoms with van der Waals surface area (Å²) in [5.41, 5.74) is 0.529. The Hall–Kier alpha value is -1.90. The van der Waals surface area contributed by atoms with Crippen molar-refractivity contribution in [1.82, 2.24) is 4.90 Å². The van der Waals surface area contributed by atoms with E-state index >= 15 is 0 Å². The van der Waals surface area contributed by atoms with Gasteiger partial charge < -0.3 is 0 Å². The van der Waals surface area contributed by atoms with Gasteiger partial charge in [-0.3, -0.25) is 14.5 Å². The zero-order valence-electron chi connectivity index (χ0n) is 10.9. The standard InChI is InChI=1S/C15H19NO2/c1-4-9-12(5-2)14(17)16(3)15(18)13-10-7-6-8-11-13/h4,6-8,10-12H,1,5,9H2,2-3H3. The van der Waals surface area contributed by atoms with E-state index in [0.717, 1.165) is 0 Å². The number of carbonyl (C=O) groups is 2. The van der Waals surface area contributed by atoms with Crippen LogP contribution in [0, 0.1) is 5.92 Å². The lowest BCUT2D eigenvalue weighted by Gasteiger charge is -2.20. The van der Waals surface area contributed by atoms with Crippen molar-refractivity contribution in [3.8, 4) is 0 Å². The number of carbonyl (C=O) groups excluding carboxylic acids is 2. The first-order chi connectivity index (χ1) is 8.61. The summed E-state index contributed by atoms with van der Waals surface area (Å²) in [6, 6.07) is 8.82. The molecule has 0 fully saturated rings. The lowest BCUT2D eigenvalue weighted by Crippen LogP contribution is -2.37. The van der Waals surface area contributed by atoms with Crippen LogP contribution in [0.15, 0.2) is 43.0 Å². The van der Waals surface area contributed by atoms with Crippen LogP contribution >= 0.6 is 0 Å². The normalized spacial score (nSPS) is 11.7. The second-order valence-corrected chi connectivity index (χ2v) is 4.20. The van der Waals surface area contributed by atoms with Gasteiger partial charge in [0.1, 0.15) is 0 Å². The van der Waals surface area contributed by atoms with Crippen LogP contribution in [-0.4, -0.2) is 23.8 Å². The number of rotatable bonds is 5. The smallest absolute Gasteiger partial charge is 0.260 e. The van der Waals surface area contributed by atoms with E-state index in [1.54, 1.807) is 30.3 Å². The zero-order valence-corrected chi connectivity index (χ0v) is 10.9. The van der Waals surface area contributed by atoms with Crippen molar-refractivity contribution in [2.24, 2.45) is 5.92 Å². The Bertz CT molecular complexity index is 425. The molecule has 3 heteroatoms. The molecule has 18 heavy (non-hydrogen) atoms. The predicted molar refractivity (Wildman–Crippen MR) is 72.1 cm³/mol. The molecule has 96 valence electrons. The summed E-state index contributed by atoms with van der Waals surface area (Å²) in [4.78, 5) is 25.4. The maximum Gasteiger partial charge on any atom is 0.260 e. The zero-order chi connectivity index (χ0) is 13.5. The number of amides is 2. The fraction of sp³-hybridized carbons (Fsp3) is 0.333. The van der Waals surface area contributed by atoms with Crippen molar-refractivity contribution in [3.05, 3.63) is 48.6 Å². The SMILES string of the molecule is C=CCC(CC)C(=O)N(C)C(=O)c1ccccc1. The van der Waals surface area contributed by atoms with Crippen LogP contribution in [0.4, 0.5) is 0 Å². The molecule has 1 rings (SSSR count). The van der Waals surface area contributed by atoms with Crippen molar-refractivity contribution < 1.29 is 9.59 Å². The molecule has 1 atom stereocenters. The van der Waals surface area contributed by atoms with E-state index in [4.69, 9.17) is 0 Å². The molecule has 0 saturated heterocycles. The molecule has 0 saturated carbocycles. The summed E-state index contributed by atoms with van der Waals surface area (Å²) in [5, 5.41) is 0. The van der Waals surface area contributed by atoms with Gasteiger partial charge in [-0.05, 0) is 25.0 Å². The molecule has 0 heterocycles. The summed E-state index contributed by atoms with van der Waals surface area (Å²) in [6.45, 7) is 5.57. The molecule has 0 N–H and O–H groups in total. The number of hydrogen-bond donors (Lipinski definition) is 0. The van der Waals surface area contributed by atoms with Gasteiger partial charge in [-0.2, -0.15) is 0 Å². The van der Waals surface area contributed by atoms with E-state index in [1.165, 1.54) is 11.9 Å². The van der Waals surface area contributed by atoms with Crippen LogP contribution in [0.25, 0.3) is 0 Å². The Labute approximate surface area is 108 Å². The molecule has 0 spiro atoms. The quantitative estimate of drug-likeness (QED) is 0.748. The average molecular weight is 245 g/mol. The maximum absolute atomic E-state index is 12.1. The minimum atomic E-state index is -0.261. The van der Waals surface area contributed by atoms with Gasteiger partial charge in [-0.1, -0.05) is 31.2 Å². The van der Waals surface area contributed by atoms with Gasteiger partial charge >= 0.3 is 0 Å². The Balaban J connectivity index is 2.80. The molecule has 0 aliphatic carbocycles. The van der Waals surface area contributed by atoms with E-state index in [9.17, 15) is 9.59 Å². The number of allylic oxidation sites excluding steroid dienone is 1. The molecule has 1 unspecified atom stereocenters. The van der Waals surface area contributed by atoms with Crippen molar-refractivity contribution >= 4 is 11.8 Å². The molecular formula is C15H19NO2. The topological polar surface area (TPSA) is 37.4 Å². The highest BCUT2D eigenvalue weighted by Crippen LogP contribution is 2.14. The molecule has 0 bridgehead atoms. The third-order valence-corrected chi connectivity index (χ3v) is 2.95. The lowest BCUT2D eigenvalue weighted by atomic mass is 10.0. The largest absolute Gasteiger partial charge is 0.281 e. The fourth-order valence-corrected chi connectivity index (χ4v) is 1.79. The molecule has 2 amide bonds. The lowest BCUT2D eigenvalue weighted by molar-refractivity contribution is -0.131. The molecule has 0 aromatic heterocycles. The van der Waals surface area contributed by atoms with Gasteiger partial charge in [0.05, 0.1) is 0 Å². The first kappa shape index (κ1) is 14.2. The van der Waals surface area contributed by atoms with E-state index in [1.807, 2.05) is 13.0 Å². The van der Waals surface area contributed by atoms with Crippen LogP contribution in [0.1, 0.15) is 30.1 Å². The van der Waals surface area contributed by atoms with Gasteiger partial charge in [0, 0.05) is 18.5 Å². The van der Waals surface area contributed by atoms with Gasteiger partial charge in [-0.15, -0.1) is 6.58 Å². The number of benzene rings is 1. The van der Waals surface area contributed by atoms with Crippen molar-refractivity contribution in [2.45, 2.75) is 19.8 Å². The minimum absolute atomic E-state index is 0.147. The molecule has 1 aromatic carbocycles. The molecule has 3 nitrogen and oxygen atoms in total. The Morgan fingerprint density at radius 1 is 1.33 bits per heavy atom. The highest BCUT2D eigenvalue weighted by atomic mass is 16.2. The molecular weight excluding hydrogens is 226 g/mol.